The first kappa shape index (κ1) is 25.9. The maximum atomic E-state index is 9.96. The zero-order chi connectivity index (χ0) is 22.7. The first-order chi connectivity index (χ1) is 14.2. The average Bonchev–Trinajstić information content (AvgIpc) is 3.07. The zero-order valence-electron chi connectivity index (χ0n) is 19.8. The van der Waals surface area contributed by atoms with E-state index < -0.39 is 5.91 Å². The van der Waals surface area contributed by atoms with Gasteiger partial charge in [0.1, 0.15) is 5.65 Å². The van der Waals surface area contributed by atoms with Crippen LogP contribution in [-0.2, 0) is 16.8 Å². The lowest BCUT2D eigenvalue weighted by atomic mass is 9.90. The number of imidazole rings is 1. The summed E-state index contributed by atoms with van der Waals surface area (Å²) < 4.78 is 2.27. The van der Waals surface area contributed by atoms with Crippen molar-refractivity contribution in [3.8, 4) is 0 Å². The number of allylic oxidation sites excluding steroid dienone is 1. The Bertz CT molecular complexity index is 805. The highest BCUT2D eigenvalue weighted by Crippen LogP contribution is 2.27. The van der Waals surface area contributed by atoms with Gasteiger partial charge >= 0.3 is 0 Å². The van der Waals surface area contributed by atoms with Gasteiger partial charge in [0, 0.05) is 30.8 Å². The molecule has 2 N–H and O–H groups in total. The van der Waals surface area contributed by atoms with Crippen molar-refractivity contribution >= 4 is 11.6 Å². The summed E-state index contributed by atoms with van der Waals surface area (Å²) in [5, 5.41) is 7.82. The van der Waals surface area contributed by atoms with Crippen molar-refractivity contribution in [2.24, 2.45) is 5.92 Å². The minimum atomic E-state index is -0.498. The second kappa shape index (κ2) is 12.5. The number of hydrogen-bond donors (Lipinski definition) is 2. The molecule has 0 saturated carbocycles. The molecule has 2 rings (SSSR count). The first-order valence-corrected chi connectivity index (χ1v) is 10.9. The number of amides is 1. The molecule has 0 aliphatic rings. The molecule has 0 spiro atoms. The Balaban J connectivity index is 0.000000553. The van der Waals surface area contributed by atoms with Crippen molar-refractivity contribution in [2.75, 3.05) is 13.1 Å². The van der Waals surface area contributed by atoms with Crippen LogP contribution in [0.1, 0.15) is 72.7 Å². The molecule has 2 aromatic heterocycles. The third-order valence-corrected chi connectivity index (χ3v) is 4.94. The van der Waals surface area contributed by atoms with Gasteiger partial charge < -0.3 is 4.40 Å². The smallest absolute Gasteiger partial charge is 0.267 e. The van der Waals surface area contributed by atoms with Crippen molar-refractivity contribution < 1.29 is 10.0 Å². The largest absolute Gasteiger partial charge is 0.302 e. The number of carbonyl (C=O) groups excluding carboxylic acids is 1. The molecule has 0 saturated heterocycles. The van der Waals surface area contributed by atoms with Crippen LogP contribution in [0.15, 0.2) is 36.5 Å². The Kier molecular flexibility index (Phi) is 10.8. The minimum absolute atomic E-state index is 0.0653. The van der Waals surface area contributed by atoms with E-state index in [-0.39, 0.29) is 5.41 Å². The third kappa shape index (κ3) is 7.92. The number of fused-ring (bicyclic) bond motifs is 1. The van der Waals surface area contributed by atoms with Crippen LogP contribution in [0.4, 0.5) is 0 Å². The Morgan fingerprint density at radius 3 is 2.53 bits per heavy atom. The molecule has 6 heteroatoms. The van der Waals surface area contributed by atoms with Crippen molar-refractivity contribution in [1.82, 2.24) is 19.8 Å². The Morgan fingerprint density at radius 1 is 1.33 bits per heavy atom. The van der Waals surface area contributed by atoms with Gasteiger partial charge in [0.25, 0.3) is 5.91 Å². The number of nitrogens with zero attached hydrogens (tertiary/aromatic N) is 3. The normalized spacial score (nSPS) is 12.8. The molecule has 0 aliphatic carbocycles. The summed E-state index contributed by atoms with van der Waals surface area (Å²) in [6.07, 6.45) is 7.47. The van der Waals surface area contributed by atoms with Crippen molar-refractivity contribution in [2.45, 2.75) is 73.3 Å². The molecule has 168 valence electrons. The minimum Gasteiger partial charge on any atom is -0.302 e. The summed E-state index contributed by atoms with van der Waals surface area (Å²) in [5.74, 6) is 0.250. The SMILES string of the molecule is C/C=C/C(=O)NO.CCCC(C)CN(CC)Cc1c(C(C)(C)C)nc2ccccn12. The lowest BCUT2D eigenvalue weighted by Crippen LogP contribution is -2.30. The fraction of sp³-hybridized carbons (Fsp3) is 0.583. The standard InChI is InChI=1S/C20H33N3.C4H7NO2/c1-7-11-16(3)14-22(8-2)15-17-19(20(4,5)6)21-18-12-9-10-13-23(17)18;1-2-3-4(6)5-7/h9-10,12-13,16H,7-8,11,14-15H2,1-6H3;2-3,7H,1H3,(H,5,6)/b;3-2+. The van der Waals surface area contributed by atoms with E-state index in [0.29, 0.717) is 0 Å². The van der Waals surface area contributed by atoms with E-state index in [2.05, 4.69) is 75.2 Å². The van der Waals surface area contributed by atoms with Crippen LogP contribution < -0.4 is 5.48 Å². The van der Waals surface area contributed by atoms with Gasteiger partial charge in [0.15, 0.2) is 0 Å². The molecule has 2 aromatic rings. The molecule has 30 heavy (non-hydrogen) atoms. The van der Waals surface area contributed by atoms with E-state index in [1.165, 1.54) is 41.9 Å². The molecular formula is C24H40N4O2. The predicted octanol–water partition coefficient (Wildman–Crippen LogP) is 4.96. The van der Waals surface area contributed by atoms with Crippen LogP contribution in [-0.4, -0.2) is 38.5 Å². The van der Waals surface area contributed by atoms with Gasteiger partial charge in [-0.3, -0.25) is 14.9 Å². The number of pyridine rings is 1. The Hall–Kier alpha value is -2.18. The monoisotopic (exact) mass is 416 g/mol. The van der Waals surface area contributed by atoms with Crippen LogP contribution in [0.2, 0.25) is 0 Å². The van der Waals surface area contributed by atoms with Crippen LogP contribution >= 0.6 is 0 Å². The van der Waals surface area contributed by atoms with E-state index in [0.717, 1.165) is 31.2 Å². The van der Waals surface area contributed by atoms with Crippen LogP contribution in [0.3, 0.4) is 0 Å². The first-order valence-electron chi connectivity index (χ1n) is 10.9. The maximum Gasteiger partial charge on any atom is 0.267 e. The number of hydrogen-bond acceptors (Lipinski definition) is 4. The average molecular weight is 417 g/mol. The van der Waals surface area contributed by atoms with Gasteiger partial charge in [-0.2, -0.15) is 0 Å². The molecule has 0 bridgehead atoms. The summed E-state index contributed by atoms with van der Waals surface area (Å²) in [7, 11) is 0. The summed E-state index contributed by atoms with van der Waals surface area (Å²) in [5.41, 5.74) is 5.14. The van der Waals surface area contributed by atoms with E-state index >= 15 is 0 Å². The van der Waals surface area contributed by atoms with E-state index in [1.54, 1.807) is 6.92 Å². The van der Waals surface area contributed by atoms with E-state index in [9.17, 15) is 4.79 Å². The van der Waals surface area contributed by atoms with Crippen LogP contribution in [0.5, 0.6) is 0 Å². The molecule has 0 aliphatic heterocycles. The predicted molar refractivity (Wildman–Crippen MR) is 124 cm³/mol. The van der Waals surface area contributed by atoms with Crippen molar-refractivity contribution in [3.63, 3.8) is 0 Å². The summed E-state index contributed by atoms with van der Waals surface area (Å²) >= 11 is 0. The quantitative estimate of drug-likeness (QED) is 0.363. The van der Waals surface area contributed by atoms with Crippen molar-refractivity contribution in [3.05, 3.63) is 47.9 Å². The topological polar surface area (TPSA) is 69.9 Å². The molecule has 6 nitrogen and oxygen atoms in total. The van der Waals surface area contributed by atoms with E-state index in [4.69, 9.17) is 10.2 Å². The third-order valence-electron chi connectivity index (χ3n) is 4.94. The highest BCUT2D eigenvalue weighted by Gasteiger charge is 2.25. The van der Waals surface area contributed by atoms with E-state index in [1.807, 2.05) is 0 Å². The van der Waals surface area contributed by atoms with Gasteiger partial charge in [0.2, 0.25) is 0 Å². The molecule has 0 aromatic carbocycles. The van der Waals surface area contributed by atoms with Gasteiger partial charge in [-0.1, -0.05) is 60.1 Å². The molecule has 2 heterocycles. The lowest BCUT2D eigenvalue weighted by Gasteiger charge is -2.26. The lowest BCUT2D eigenvalue weighted by molar-refractivity contribution is -0.124. The number of nitrogens with one attached hydrogen (secondary N) is 1. The summed E-state index contributed by atoms with van der Waals surface area (Å²) in [6, 6.07) is 6.27. The molecular weight excluding hydrogens is 376 g/mol. The number of carbonyl (C=O) groups is 1. The van der Waals surface area contributed by atoms with Gasteiger partial charge in [-0.25, -0.2) is 10.5 Å². The molecule has 1 amide bonds. The summed E-state index contributed by atoms with van der Waals surface area (Å²) in [4.78, 5) is 17.4. The second-order valence-corrected chi connectivity index (χ2v) is 8.78. The van der Waals surface area contributed by atoms with Crippen molar-refractivity contribution in [1.29, 1.82) is 0 Å². The highest BCUT2D eigenvalue weighted by molar-refractivity contribution is 5.86. The zero-order valence-corrected chi connectivity index (χ0v) is 19.8. The molecule has 0 fully saturated rings. The van der Waals surface area contributed by atoms with Gasteiger partial charge in [-0.15, -0.1) is 0 Å². The van der Waals surface area contributed by atoms with Crippen LogP contribution in [0, 0.1) is 5.92 Å². The molecule has 1 atom stereocenters. The molecule has 1 unspecified atom stereocenters. The molecule has 0 radical (unpaired) electrons. The fourth-order valence-electron chi connectivity index (χ4n) is 3.53. The fourth-order valence-corrected chi connectivity index (χ4v) is 3.53. The second-order valence-electron chi connectivity index (χ2n) is 8.78. The highest BCUT2D eigenvalue weighted by atomic mass is 16.5. The Morgan fingerprint density at radius 2 is 2.03 bits per heavy atom. The number of hydroxylamine groups is 1. The van der Waals surface area contributed by atoms with Gasteiger partial charge in [0.05, 0.1) is 11.4 Å². The van der Waals surface area contributed by atoms with Gasteiger partial charge in [-0.05, 0) is 37.9 Å². The number of rotatable bonds is 8. The maximum absolute atomic E-state index is 9.96. The van der Waals surface area contributed by atoms with Crippen LogP contribution in [0.25, 0.3) is 5.65 Å². The number of aromatic nitrogens is 2. The Labute approximate surface area is 182 Å². The summed E-state index contributed by atoms with van der Waals surface area (Å²) in [6.45, 7) is 18.6.